The Balaban J connectivity index is 0. The Bertz CT molecular complexity index is 159. The third-order valence-electron chi connectivity index (χ3n) is 1.68. The Hall–Kier alpha value is 0.436. The van der Waals surface area contributed by atoms with Crippen LogP contribution in [0.4, 0.5) is 0 Å². The summed E-state index contributed by atoms with van der Waals surface area (Å²) in [6.45, 7) is 11.0. The Morgan fingerprint density at radius 2 is 1.77 bits per heavy atom. The second-order valence-corrected chi connectivity index (χ2v) is 9.56. The molecule has 0 saturated heterocycles. The fourth-order valence-electron chi connectivity index (χ4n) is 0.686. The molecule has 0 atom stereocenters. The summed E-state index contributed by atoms with van der Waals surface area (Å²) in [4.78, 5) is 0. The van der Waals surface area contributed by atoms with Gasteiger partial charge in [-0.2, -0.15) is 0 Å². The monoisotopic (exact) mass is 248 g/mol. The van der Waals surface area contributed by atoms with E-state index in [4.69, 9.17) is 4.74 Å². The van der Waals surface area contributed by atoms with Crippen molar-refractivity contribution in [3.63, 3.8) is 0 Å². The maximum atomic E-state index is 5.30. The summed E-state index contributed by atoms with van der Waals surface area (Å²) in [5.41, 5.74) is 3.41. The summed E-state index contributed by atoms with van der Waals surface area (Å²) in [6.07, 6.45) is 3.09. The van der Waals surface area contributed by atoms with Crippen LogP contribution in [-0.2, 0) is 21.8 Å². The van der Waals surface area contributed by atoms with Gasteiger partial charge in [0.15, 0.2) is 0 Å². The largest absolute Gasteiger partial charge is 1.00 e. The molecule has 0 aliphatic carbocycles. The minimum atomic E-state index is -1.13. The van der Waals surface area contributed by atoms with Gasteiger partial charge in [0.1, 0.15) is 0 Å². The molecule has 0 unspecified atom stereocenters. The van der Waals surface area contributed by atoms with Crippen molar-refractivity contribution in [2.24, 2.45) is 0 Å². The van der Waals surface area contributed by atoms with E-state index in [1.165, 1.54) is 0 Å². The maximum absolute atomic E-state index is 5.30. The first kappa shape index (κ1) is 15.9. The molecular weight excluding hydrogens is 228 g/mol. The maximum Gasteiger partial charge on any atom is 1.00 e. The number of hydrogen-bond donors (Lipinski definition) is 0. The van der Waals surface area contributed by atoms with Gasteiger partial charge in [0.2, 0.25) is 0 Å². The van der Waals surface area contributed by atoms with E-state index in [1.807, 2.05) is 0 Å². The standard InChI is InChI=1S/C10H21OSi.Cu/c1-10(2,11-3)8-7-9-12(4,5)6;/h7H,8H2,1-6H3;/q-1;+1. The van der Waals surface area contributed by atoms with Gasteiger partial charge in [-0.3, -0.25) is 6.08 Å². The third kappa shape index (κ3) is 10.4. The minimum Gasteiger partial charge on any atom is -0.501 e. The van der Waals surface area contributed by atoms with Crippen LogP contribution in [0.25, 0.3) is 0 Å². The van der Waals surface area contributed by atoms with Crippen LogP contribution in [0.3, 0.4) is 0 Å². The van der Waals surface area contributed by atoms with Crippen molar-refractivity contribution in [3.05, 3.63) is 11.8 Å². The van der Waals surface area contributed by atoms with E-state index in [2.05, 4.69) is 45.3 Å². The Morgan fingerprint density at radius 3 is 2.08 bits per heavy atom. The topological polar surface area (TPSA) is 9.23 Å². The number of methoxy groups -OCH3 is 1. The number of rotatable bonds is 4. The number of hydrogen-bond acceptors (Lipinski definition) is 1. The first-order valence-electron chi connectivity index (χ1n) is 4.41. The van der Waals surface area contributed by atoms with E-state index in [9.17, 15) is 0 Å². The zero-order valence-corrected chi connectivity index (χ0v) is 11.4. The molecule has 1 nitrogen and oxygen atoms in total. The quantitative estimate of drug-likeness (QED) is 0.549. The molecule has 0 saturated carbocycles. The molecule has 0 fully saturated rings. The molecule has 0 aliphatic heterocycles. The van der Waals surface area contributed by atoms with Gasteiger partial charge >= 0.3 is 17.1 Å². The second kappa shape index (κ2) is 6.02. The summed E-state index contributed by atoms with van der Waals surface area (Å²) < 4.78 is 5.30. The van der Waals surface area contributed by atoms with E-state index in [0.29, 0.717) is 0 Å². The van der Waals surface area contributed by atoms with Crippen molar-refractivity contribution in [3.8, 4) is 0 Å². The smallest absolute Gasteiger partial charge is 0.501 e. The molecule has 0 rings (SSSR count). The van der Waals surface area contributed by atoms with Gasteiger partial charge in [-0.25, -0.2) is 0 Å². The zero-order chi connectivity index (χ0) is 9.83. The van der Waals surface area contributed by atoms with Gasteiger partial charge in [0.25, 0.3) is 0 Å². The van der Waals surface area contributed by atoms with Crippen LogP contribution in [0, 0.1) is 5.70 Å². The van der Waals surface area contributed by atoms with Gasteiger partial charge in [0, 0.05) is 7.11 Å². The molecule has 0 bridgehead atoms. The molecule has 82 valence electrons. The van der Waals surface area contributed by atoms with Gasteiger partial charge < -0.3 is 10.4 Å². The fraction of sp³-hybridized carbons (Fsp3) is 0.800. The summed E-state index contributed by atoms with van der Waals surface area (Å²) >= 11 is 0. The van der Waals surface area contributed by atoms with Gasteiger partial charge in [0.05, 0.1) is 5.60 Å². The van der Waals surface area contributed by atoms with Crippen LogP contribution in [0.5, 0.6) is 0 Å². The van der Waals surface area contributed by atoms with Crippen molar-refractivity contribution < 1.29 is 21.8 Å². The zero-order valence-electron chi connectivity index (χ0n) is 9.49. The van der Waals surface area contributed by atoms with E-state index in [0.717, 1.165) is 6.42 Å². The molecule has 0 aromatic heterocycles. The third-order valence-corrected chi connectivity index (χ3v) is 2.75. The van der Waals surface area contributed by atoms with Crippen LogP contribution in [0.1, 0.15) is 20.3 Å². The molecule has 0 aromatic carbocycles. The summed E-state index contributed by atoms with van der Waals surface area (Å²) in [7, 11) is 0.621. The molecule has 0 heterocycles. The SMILES string of the molecule is COC(C)(C)CC=[C-][Si](C)(C)C.[Cu+]. The summed E-state index contributed by atoms with van der Waals surface area (Å²) in [5, 5.41) is 0. The van der Waals surface area contributed by atoms with Crippen molar-refractivity contribution in [2.45, 2.75) is 45.5 Å². The Kier molecular flexibility index (Phi) is 7.36. The normalized spacial score (nSPS) is 13.1. The molecule has 0 radical (unpaired) electrons. The second-order valence-electron chi connectivity index (χ2n) is 4.77. The van der Waals surface area contributed by atoms with E-state index < -0.39 is 8.07 Å². The van der Waals surface area contributed by atoms with Crippen LogP contribution >= 0.6 is 0 Å². The van der Waals surface area contributed by atoms with Crippen molar-refractivity contribution >= 4 is 8.07 Å². The molecular formula is C10H21CuOSi. The molecule has 13 heavy (non-hydrogen) atoms. The van der Waals surface area contributed by atoms with E-state index in [1.54, 1.807) is 7.11 Å². The van der Waals surface area contributed by atoms with Crippen LogP contribution in [0.15, 0.2) is 6.08 Å². The fourth-order valence-corrected chi connectivity index (χ4v) is 1.40. The Labute approximate surface area is 94.4 Å². The van der Waals surface area contributed by atoms with Gasteiger partial charge in [-0.05, 0) is 20.3 Å². The average Bonchev–Trinajstić information content (AvgIpc) is 1.84. The van der Waals surface area contributed by atoms with Gasteiger partial charge in [-0.15, -0.1) is 8.07 Å². The predicted octanol–water partition coefficient (Wildman–Crippen LogP) is 3.04. The molecule has 0 N–H and O–H groups in total. The van der Waals surface area contributed by atoms with Gasteiger partial charge in [-0.1, -0.05) is 19.6 Å². The molecule has 0 aliphatic rings. The van der Waals surface area contributed by atoms with Crippen LogP contribution in [-0.4, -0.2) is 20.8 Å². The van der Waals surface area contributed by atoms with E-state index >= 15 is 0 Å². The number of ether oxygens (including phenoxy) is 1. The molecule has 3 heteroatoms. The minimum absolute atomic E-state index is 0. The van der Waals surface area contributed by atoms with Crippen LogP contribution in [0.2, 0.25) is 19.6 Å². The van der Waals surface area contributed by atoms with Crippen molar-refractivity contribution in [1.29, 1.82) is 0 Å². The first-order chi connectivity index (χ1) is 5.27. The van der Waals surface area contributed by atoms with Crippen molar-refractivity contribution in [2.75, 3.05) is 7.11 Å². The Morgan fingerprint density at radius 1 is 1.31 bits per heavy atom. The summed E-state index contributed by atoms with van der Waals surface area (Å²) in [5.74, 6) is 0. The van der Waals surface area contributed by atoms with E-state index in [-0.39, 0.29) is 22.7 Å². The molecule has 0 aromatic rings. The van der Waals surface area contributed by atoms with Crippen molar-refractivity contribution in [1.82, 2.24) is 0 Å². The summed E-state index contributed by atoms with van der Waals surface area (Å²) in [6, 6.07) is 0. The predicted molar refractivity (Wildman–Crippen MR) is 56.9 cm³/mol. The first-order valence-corrected chi connectivity index (χ1v) is 7.91. The van der Waals surface area contributed by atoms with Crippen LogP contribution < -0.4 is 0 Å². The molecule has 0 amide bonds. The average molecular weight is 249 g/mol. The molecule has 0 spiro atoms.